The molecule has 0 atom stereocenters. The number of likely N-dealkylation sites (tertiary alicyclic amines) is 1. The first-order chi connectivity index (χ1) is 12.8. The van der Waals surface area contributed by atoms with Crippen molar-refractivity contribution in [2.45, 2.75) is 25.7 Å². The number of para-hydroxylation sites is 2. The number of fused-ring (bicyclic) bond motifs is 1. The highest BCUT2D eigenvalue weighted by Gasteiger charge is 2.33. The van der Waals surface area contributed by atoms with Gasteiger partial charge in [0.25, 0.3) is 0 Å². The fourth-order valence-corrected chi connectivity index (χ4v) is 3.80. The molecule has 0 bridgehead atoms. The number of hydrogen-bond donors (Lipinski definition) is 1. The number of aliphatic hydroxyl groups is 1. The second-order valence-corrected chi connectivity index (χ2v) is 6.69. The average molecular weight is 351 g/mol. The van der Waals surface area contributed by atoms with E-state index >= 15 is 0 Å². The van der Waals surface area contributed by atoms with E-state index in [-0.39, 0.29) is 12.2 Å². The number of nitrogens with zero attached hydrogens (tertiary/aromatic N) is 5. The molecule has 26 heavy (non-hydrogen) atoms. The first-order valence-corrected chi connectivity index (χ1v) is 9.32. The van der Waals surface area contributed by atoms with Crippen LogP contribution >= 0.6 is 0 Å². The molecule has 1 N–H and O–H groups in total. The molecule has 2 heterocycles. The fraction of sp³-hybridized carbons (Fsp3) is 0.500. The highest BCUT2D eigenvalue weighted by molar-refractivity contribution is 5.84. The van der Waals surface area contributed by atoms with Crippen molar-refractivity contribution >= 4 is 11.4 Å². The van der Waals surface area contributed by atoms with Crippen molar-refractivity contribution in [1.29, 1.82) is 10.5 Å². The summed E-state index contributed by atoms with van der Waals surface area (Å²) in [6.45, 7) is 4.55. The Morgan fingerprint density at radius 3 is 2.12 bits per heavy atom. The van der Waals surface area contributed by atoms with E-state index in [1.54, 1.807) is 0 Å². The molecule has 0 saturated carbocycles. The monoisotopic (exact) mass is 351 g/mol. The van der Waals surface area contributed by atoms with Crippen LogP contribution in [0.1, 0.15) is 25.7 Å². The smallest absolute Gasteiger partial charge is 0.170 e. The Bertz CT molecular complexity index is 723. The van der Waals surface area contributed by atoms with Gasteiger partial charge in [-0.15, -0.1) is 0 Å². The third kappa shape index (κ3) is 3.67. The van der Waals surface area contributed by atoms with Gasteiger partial charge in [0.1, 0.15) is 18.0 Å². The third-order valence-electron chi connectivity index (χ3n) is 5.05. The van der Waals surface area contributed by atoms with Gasteiger partial charge in [0.2, 0.25) is 0 Å². The molecular weight excluding hydrogens is 326 g/mol. The van der Waals surface area contributed by atoms with Crippen LogP contribution in [0.5, 0.6) is 0 Å². The first kappa shape index (κ1) is 18.3. The number of piperidine rings is 1. The molecule has 0 amide bonds. The van der Waals surface area contributed by atoms with Crippen LogP contribution in [-0.4, -0.2) is 49.3 Å². The Hall–Kier alpha value is -2.54. The van der Waals surface area contributed by atoms with Crippen LogP contribution in [0.25, 0.3) is 0 Å². The van der Waals surface area contributed by atoms with Gasteiger partial charge in [-0.3, -0.25) is 0 Å². The quantitative estimate of drug-likeness (QED) is 0.793. The summed E-state index contributed by atoms with van der Waals surface area (Å²) in [5, 5.41) is 28.3. The summed E-state index contributed by atoms with van der Waals surface area (Å²) in [6, 6.07) is 12.1. The largest absolute Gasteiger partial charge is 0.396 e. The lowest BCUT2D eigenvalue weighted by Crippen LogP contribution is -2.39. The van der Waals surface area contributed by atoms with Gasteiger partial charge in [-0.05, 0) is 44.5 Å². The summed E-state index contributed by atoms with van der Waals surface area (Å²) in [5.74, 6) is 0.654. The van der Waals surface area contributed by atoms with Gasteiger partial charge >= 0.3 is 0 Å². The topological polar surface area (TPSA) is 77.5 Å². The molecule has 1 aromatic carbocycles. The number of nitriles is 2. The minimum absolute atomic E-state index is 0.0775. The molecule has 1 fully saturated rings. The summed E-state index contributed by atoms with van der Waals surface area (Å²) in [6.07, 6.45) is 4.37. The van der Waals surface area contributed by atoms with Crippen molar-refractivity contribution in [1.82, 2.24) is 4.90 Å². The van der Waals surface area contributed by atoms with E-state index in [0.717, 1.165) is 37.6 Å². The van der Waals surface area contributed by atoms with Gasteiger partial charge in [-0.25, -0.2) is 0 Å². The minimum Gasteiger partial charge on any atom is -0.396 e. The van der Waals surface area contributed by atoms with Gasteiger partial charge in [0, 0.05) is 26.2 Å². The van der Waals surface area contributed by atoms with E-state index in [1.807, 2.05) is 29.2 Å². The van der Waals surface area contributed by atoms with Crippen LogP contribution in [-0.2, 0) is 0 Å². The van der Waals surface area contributed by atoms with E-state index < -0.39 is 0 Å². The average Bonchev–Trinajstić information content (AvgIpc) is 3.00. The van der Waals surface area contributed by atoms with Crippen molar-refractivity contribution in [2.24, 2.45) is 0 Å². The Morgan fingerprint density at radius 1 is 0.923 bits per heavy atom. The molecule has 2 aliphatic rings. The summed E-state index contributed by atoms with van der Waals surface area (Å²) >= 11 is 0. The summed E-state index contributed by atoms with van der Waals surface area (Å²) < 4.78 is 0. The predicted molar refractivity (Wildman–Crippen MR) is 101 cm³/mol. The van der Waals surface area contributed by atoms with Gasteiger partial charge in [-0.2, -0.15) is 10.5 Å². The number of aliphatic hydroxyl groups excluding tert-OH is 1. The summed E-state index contributed by atoms with van der Waals surface area (Å²) in [4.78, 5) is 6.56. The lowest BCUT2D eigenvalue weighted by atomic mass is 10.1. The number of rotatable bonds is 6. The van der Waals surface area contributed by atoms with Gasteiger partial charge in [0.05, 0.1) is 11.4 Å². The van der Waals surface area contributed by atoms with Gasteiger partial charge in [0.15, 0.2) is 5.57 Å². The maximum Gasteiger partial charge on any atom is 0.170 e. The molecule has 136 valence electrons. The number of benzene rings is 1. The molecule has 0 spiro atoms. The normalized spacial score (nSPS) is 17.0. The van der Waals surface area contributed by atoms with Gasteiger partial charge < -0.3 is 19.8 Å². The second kappa shape index (κ2) is 8.71. The molecule has 6 nitrogen and oxygen atoms in total. The first-order valence-electron chi connectivity index (χ1n) is 9.32. The SMILES string of the molecule is N#CC(C#N)=C1N(CCCO)c2ccccc2N1CCN1CCCCC1. The van der Waals surface area contributed by atoms with Crippen LogP contribution in [0.2, 0.25) is 0 Å². The highest BCUT2D eigenvalue weighted by atomic mass is 16.3. The molecule has 2 aliphatic heterocycles. The highest BCUT2D eigenvalue weighted by Crippen LogP contribution is 2.42. The standard InChI is InChI=1S/C20H25N5O/c21-15-17(16-22)20-24(11-6-14-26)18-7-2-3-8-19(18)25(20)13-12-23-9-4-1-5-10-23/h2-3,7-8,26H,1,4-6,9-14H2. The molecular formula is C20H25N5O. The molecule has 1 saturated heterocycles. The zero-order chi connectivity index (χ0) is 18.4. The van der Waals surface area contributed by atoms with E-state index in [1.165, 1.54) is 19.3 Å². The maximum absolute atomic E-state index is 9.50. The van der Waals surface area contributed by atoms with E-state index in [4.69, 9.17) is 0 Å². The lowest BCUT2D eigenvalue weighted by Gasteiger charge is -2.30. The Kier molecular flexibility index (Phi) is 6.12. The minimum atomic E-state index is 0.0775. The van der Waals surface area contributed by atoms with E-state index in [2.05, 4.69) is 21.9 Å². The zero-order valence-electron chi connectivity index (χ0n) is 15.1. The molecule has 3 rings (SSSR count). The van der Waals surface area contributed by atoms with Crippen molar-refractivity contribution in [2.75, 3.05) is 49.1 Å². The van der Waals surface area contributed by atoms with Crippen LogP contribution in [0.4, 0.5) is 11.4 Å². The number of anilines is 2. The van der Waals surface area contributed by atoms with Crippen molar-refractivity contribution in [3.63, 3.8) is 0 Å². The second-order valence-electron chi connectivity index (χ2n) is 6.69. The molecule has 1 aromatic rings. The number of allylic oxidation sites excluding steroid dienone is 1. The molecule has 6 heteroatoms. The van der Waals surface area contributed by atoms with Crippen LogP contribution in [0.3, 0.4) is 0 Å². The summed E-state index contributed by atoms with van der Waals surface area (Å²) in [7, 11) is 0. The van der Waals surface area contributed by atoms with Crippen LogP contribution in [0, 0.1) is 22.7 Å². The van der Waals surface area contributed by atoms with Crippen molar-refractivity contribution in [3.05, 3.63) is 35.7 Å². The molecule has 0 unspecified atom stereocenters. The van der Waals surface area contributed by atoms with Crippen LogP contribution < -0.4 is 9.80 Å². The van der Waals surface area contributed by atoms with E-state index in [0.29, 0.717) is 18.8 Å². The Morgan fingerprint density at radius 2 is 1.54 bits per heavy atom. The zero-order valence-corrected chi connectivity index (χ0v) is 15.1. The number of hydrogen-bond acceptors (Lipinski definition) is 6. The Balaban J connectivity index is 1.92. The fourth-order valence-electron chi connectivity index (χ4n) is 3.80. The van der Waals surface area contributed by atoms with Crippen molar-refractivity contribution < 1.29 is 5.11 Å². The summed E-state index contributed by atoms with van der Waals surface area (Å²) in [5.41, 5.74) is 2.15. The molecule has 0 aromatic heterocycles. The maximum atomic E-state index is 9.50. The molecule has 0 aliphatic carbocycles. The third-order valence-corrected chi connectivity index (χ3v) is 5.05. The lowest BCUT2D eigenvalue weighted by molar-refractivity contribution is 0.234. The van der Waals surface area contributed by atoms with Crippen molar-refractivity contribution in [3.8, 4) is 12.1 Å². The van der Waals surface area contributed by atoms with E-state index in [9.17, 15) is 15.6 Å². The Labute approximate surface area is 155 Å². The molecule has 0 radical (unpaired) electrons. The van der Waals surface area contributed by atoms with Gasteiger partial charge in [-0.1, -0.05) is 18.6 Å². The predicted octanol–water partition coefficient (Wildman–Crippen LogP) is 2.44. The van der Waals surface area contributed by atoms with Crippen LogP contribution in [0.15, 0.2) is 35.7 Å².